The number of methoxy groups -OCH3 is 1. The molecule has 0 atom stereocenters. The van der Waals surface area contributed by atoms with Gasteiger partial charge in [0, 0.05) is 27.7 Å². The molecule has 0 radical (unpaired) electrons. The van der Waals surface area contributed by atoms with E-state index >= 15 is 0 Å². The summed E-state index contributed by atoms with van der Waals surface area (Å²) < 4.78 is 20.3. The zero-order valence-corrected chi connectivity index (χ0v) is 17.5. The van der Waals surface area contributed by atoms with Crippen LogP contribution in [0.4, 0.5) is 4.39 Å². The Morgan fingerprint density at radius 3 is 2.43 bits per heavy atom. The summed E-state index contributed by atoms with van der Waals surface area (Å²) >= 11 is 5.98. The minimum absolute atomic E-state index is 0.0153. The Labute approximate surface area is 178 Å². The predicted octanol–water partition coefficient (Wildman–Crippen LogP) is 3.90. The van der Waals surface area contributed by atoms with Crippen LogP contribution in [0.3, 0.4) is 0 Å². The van der Waals surface area contributed by atoms with Crippen molar-refractivity contribution >= 4 is 23.4 Å². The standard InChI is InChI=1S/C22H21ClFN3O3/c1-13-10-19(14(2)27(13)18-7-5-17(24)6-8-18)22(29)26-25-21(28)12-15-11-16(23)4-9-20(15)30-3/h4-11H,12H2,1-3H3,(H,25,28)(H,26,29). The summed E-state index contributed by atoms with van der Waals surface area (Å²) in [6.45, 7) is 3.63. The van der Waals surface area contributed by atoms with E-state index in [0.29, 0.717) is 27.6 Å². The number of aryl methyl sites for hydroxylation is 1. The number of amides is 2. The molecule has 6 nitrogen and oxygen atoms in total. The van der Waals surface area contributed by atoms with Crippen LogP contribution in [0.2, 0.25) is 5.02 Å². The first kappa shape index (κ1) is 21.4. The van der Waals surface area contributed by atoms with Crippen LogP contribution in [-0.2, 0) is 11.2 Å². The van der Waals surface area contributed by atoms with Crippen molar-refractivity contribution in [2.45, 2.75) is 20.3 Å². The van der Waals surface area contributed by atoms with Gasteiger partial charge in [0.25, 0.3) is 5.91 Å². The van der Waals surface area contributed by atoms with Crippen molar-refractivity contribution in [1.29, 1.82) is 0 Å². The number of hydrazine groups is 1. The Balaban J connectivity index is 1.70. The second kappa shape index (κ2) is 9.00. The third-order valence-corrected chi connectivity index (χ3v) is 4.90. The van der Waals surface area contributed by atoms with Crippen LogP contribution in [0.5, 0.6) is 5.75 Å². The normalized spacial score (nSPS) is 10.6. The number of ether oxygens (including phenoxy) is 1. The summed E-state index contributed by atoms with van der Waals surface area (Å²) in [6, 6.07) is 12.7. The lowest BCUT2D eigenvalue weighted by Crippen LogP contribution is -2.42. The van der Waals surface area contributed by atoms with Gasteiger partial charge in [0.15, 0.2) is 0 Å². The third kappa shape index (κ3) is 4.63. The highest BCUT2D eigenvalue weighted by molar-refractivity contribution is 6.30. The summed E-state index contributed by atoms with van der Waals surface area (Å²) in [7, 11) is 1.50. The van der Waals surface area contributed by atoms with Gasteiger partial charge in [-0.2, -0.15) is 0 Å². The van der Waals surface area contributed by atoms with E-state index in [1.807, 2.05) is 11.5 Å². The van der Waals surface area contributed by atoms with Crippen molar-refractivity contribution < 1.29 is 18.7 Å². The van der Waals surface area contributed by atoms with Crippen LogP contribution in [-0.4, -0.2) is 23.5 Å². The highest BCUT2D eigenvalue weighted by Gasteiger charge is 2.18. The highest BCUT2D eigenvalue weighted by Crippen LogP contribution is 2.23. The maximum atomic E-state index is 13.2. The van der Waals surface area contributed by atoms with E-state index in [-0.39, 0.29) is 12.2 Å². The Bertz CT molecular complexity index is 1090. The van der Waals surface area contributed by atoms with Gasteiger partial charge >= 0.3 is 0 Å². The van der Waals surface area contributed by atoms with Gasteiger partial charge in [-0.25, -0.2) is 4.39 Å². The molecule has 30 heavy (non-hydrogen) atoms. The van der Waals surface area contributed by atoms with Crippen LogP contribution >= 0.6 is 11.6 Å². The fourth-order valence-electron chi connectivity index (χ4n) is 3.28. The van der Waals surface area contributed by atoms with Crippen molar-refractivity contribution in [1.82, 2.24) is 15.4 Å². The first-order valence-corrected chi connectivity index (χ1v) is 9.54. The molecule has 3 rings (SSSR count). The third-order valence-electron chi connectivity index (χ3n) is 4.67. The molecular weight excluding hydrogens is 409 g/mol. The zero-order chi connectivity index (χ0) is 21.8. The summed E-state index contributed by atoms with van der Waals surface area (Å²) in [5.41, 5.74) is 8.05. The van der Waals surface area contributed by atoms with Gasteiger partial charge < -0.3 is 9.30 Å². The van der Waals surface area contributed by atoms with E-state index in [0.717, 1.165) is 11.4 Å². The quantitative estimate of drug-likeness (QED) is 0.604. The summed E-state index contributed by atoms with van der Waals surface area (Å²) in [4.78, 5) is 24.9. The second-order valence-electron chi connectivity index (χ2n) is 6.73. The van der Waals surface area contributed by atoms with Crippen LogP contribution in [0.25, 0.3) is 5.69 Å². The van der Waals surface area contributed by atoms with Crippen molar-refractivity contribution in [3.05, 3.63) is 81.9 Å². The molecule has 0 bridgehead atoms. The van der Waals surface area contributed by atoms with Crippen molar-refractivity contribution in [3.63, 3.8) is 0 Å². The van der Waals surface area contributed by atoms with Gasteiger partial charge in [-0.3, -0.25) is 20.4 Å². The van der Waals surface area contributed by atoms with Crippen molar-refractivity contribution in [3.8, 4) is 11.4 Å². The number of hydrogen-bond donors (Lipinski definition) is 2. The average Bonchev–Trinajstić information content (AvgIpc) is 3.01. The van der Waals surface area contributed by atoms with Gasteiger partial charge in [0.2, 0.25) is 5.91 Å². The lowest BCUT2D eigenvalue weighted by atomic mass is 10.1. The topological polar surface area (TPSA) is 72.4 Å². The molecule has 1 heterocycles. The molecule has 0 aliphatic heterocycles. The Hall–Kier alpha value is -3.32. The molecule has 0 aliphatic carbocycles. The molecule has 8 heteroatoms. The maximum absolute atomic E-state index is 13.2. The number of carbonyl (C=O) groups excluding carboxylic acids is 2. The molecule has 1 aromatic heterocycles. The fraction of sp³-hybridized carbons (Fsp3) is 0.182. The van der Waals surface area contributed by atoms with Gasteiger partial charge in [0.05, 0.1) is 19.1 Å². The van der Waals surface area contributed by atoms with Gasteiger partial charge in [0.1, 0.15) is 11.6 Å². The molecule has 0 spiro atoms. The van der Waals surface area contributed by atoms with Crippen LogP contribution in [0, 0.1) is 19.7 Å². The van der Waals surface area contributed by atoms with Gasteiger partial charge in [-0.05, 0) is 62.4 Å². The molecule has 0 saturated carbocycles. The summed E-state index contributed by atoms with van der Waals surface area (Å²) in [5, 5.41) is 0.482. The predicted molar refractivity (Wildman–Crippen MR) is 113 cm³/mol. The highest BCUT2D eigenvalue weighted by atomic mass is 35.5. The maximum Gasteiger partial charge on any atom is 0.271 e. The second-order valence-corrected chi connectivity index (χ2v) is 7.17. The number of rotatable bonds is 5. The molecule has 3 aromatic rings. The molecule has 0 unspecified atom stereocenters. The molecule has 2 amide bonds. The summed E-state index contributed by atoms with van der Waals surface area (Å²) in [5.74, 6) is -0.680. The SMILES string of the molecule is COc1ccc(Cl)cc1CC(=O)NNC(=O)c1cc(C)n(-c2ccc(F)cc2)c1C. The molecule has 156 valence electrons. The Kier molecular flexibility index (Phi) is 6.42. The van der Waals surface area contributed by atoms with Crippen molar-refractivity contribution in [2.75, 3.05) is 7.11 Å². The van der Waals surface area contributed by atoms with Crippen LogP contribution in [0.15, 0.2) is 48.5 Å². The van der Waals surface area contributed by atoms with Gasteiger partial charge in [-0.15, -0.1) is 0 Å². The van der Waals surface area contributed by atoms with Crippen molar-refractivity contribution in [2.24, 2.45) is 0 Å². The average molecular weight is 430 g/mol. The number of hydrogen-bond acceptors (Lipinski definition) is 3. The number of halogens is 2. The molecule has 0 aliphatic rings. The largest absolute Gasteiger partial charge is 0.496 e. The van der Waals surface area contributed by atoms with E-state index in [9.17, 15) is 14.0 Å². The Morgan fingerprint density at radius 1 is 1.07 bits per heavy atom. The smallest absolute Gasteiger partial charge is 0.271 e. The minimum Gasteiger partial charge on any atom is -0.496 e. The first-order valence-electron chi connectivity index (χ1n) is 9.16. The minimum atomic E-state index is -0.456. The zero-order valence-electron chi connectivity index (χ0n) is 16.8. The lowest BCUT2D eigenvalue weighted by Gasteiger charge is -2.11. The number of carbonyl (C=O) groups is 2. The molecule has 0 saturated heterocycles. The van der Waals surface area contributed by atoms with Crippen LogP contribution in [0.1, 0.15) is 27.3 Å². The van der Waals surface area contributed by atoms with E-state index in [1.165, 1.54) is 19.2 Å². The van der Waals surface area contributed by atoms with Crippen LogP contribution < -0.4 is 15.6 Å². The van der Waals surface area contributed by atoms with E-state index in [4.69, 9.17) is 16.3 Å². The Morgan fingerprint density at radius 2 is 1.77 bits per heavy atom. The molecule has 2 N–H and O–H groups in total. The number of aromatic nitrogens is 1. The molecular formula is C22H21ClFN3O3. The molecule has 0 fully saturated rings. The first-order chi connectivity index (χ1) is 14.3. The number of nitrogens with zero attached hydrogens (tertiary/aromatic N) is 1. The monoisotopic (exact) mass is 429 g/mol. The lowest BCUT2D eigenvalue weighted by molar-refractivity contribution is -0.121. The fourth-order valence-corrected chi connectivity index (χ4v) is 3.47. The van der Waals surface area contributed by atoms with Gasteiger partial charge in [-0.1, -0.05) is 11.6 Å². The summed E-state index contributed by atoms with van der Waals surface area (Å²) in [6.07, 6.45) is -0.0153. The van der Waals surface area contributed by atoms with E-state index in [2.05, 4.69) is 10.9 Å². The van der Waals surface area contributed by atoms with E-state index in [1.54, 1.807) is 43.3 Å². The number of benzene rings is 2. The molecule has 2 aromatic carbocycles. The number of nitrogens with one attached hydrogen (secondary N) is 2. The van der Waals surface area contributed by atoms with E-state index < -0.39 is 11.8 Å².